The summed E-state index contributed by atoms with van der Waals surface area (Å²) >= 11 is 0. The van der Waals surface area contributed by atoms with Gasteiger partial charge in [-0.3, -0.25) is 0 Å². The van der Waals surface area contributed by atoms with Crippen LogP contribution in [0.25, 0.3) is 0 Å². The standard InChI is InChI=1S/C13H25N3O/c1-11(2)10(12(11,3)4)15-8-13(5-6-13)7-9(14)16-17/h10,15,17H,5-8H2,1-4H3,(H2,14,16). The van der Waals surface area contributed by atoms with Gasteiger partial charge in [0.15, 0.2) is 0 Å². The lowest BCUT2D eigenvalue weighted by molar-refractivity contribution is 0.313. The molecule has 0 aliphatic heterocycles. The zero-order valence-corrected chi connectivity index (χ0v) is 11.4. The number of rotatable bonds is 5. The third kappa shape index (κ3) is 2.03. The first-order chi connectivity index (χ1) is 7.75. The van der Waals surface area contributed by atoms with Crippen molar-refractivity contribution in [3.63, 3.8) is 0 Å². The van der Waals surface area contributed by atoms with Crippen LogP contribution in [0.4, 0.5) is 0 Å². The van der Waals surface area contributed by atoms with E-state index >= 15 is 0 Å². The number of nitrogens with zero attached hydrogens (tertiary/aromatic N) is 1. The van der Waals surface area contributed by atoms with Crippen LogP contribution >= 0.6 is 0 Å². The van der Waals surface area contributed by atoms with Crippen molar-refractivity contribution in [3.8, 4) is 0 Å². The van der Waals surface area contributed by atoms with E-state index in [1.165, 1.54) is 12.8 Å². The highest BCUT2D eigenvalue weighted by molar-refractivity contribution is 5.80. The van der Waals surface area contributed by atoms with Crippen LogP contribution in [0.1, 0.15) is 47.0 Å². The fourth-order valence-electron chi connectivity index (χ4n) is 3.04. The quantitative estimate of drug-likeness (QED) is 0.297. The van der Waals surface area contributed by atoms with E-state index in [0.29, 0.717) is 29.1 Å². The zero-order valence-electron chi connectivity index (χ0n) is 11.4. The molecule has 0 aromatic heterocycles. The van der Waals surface area contributed by atoms with E-state index in [0.717, 1.165) is 6.54 Å². The summed E-state index contributed by atoms with van der Waals surface area (Å²) in [5, 5.41) is 15.4. The maximum absolute atomic E-state index is 8.62. The fourth-order valence-corrected chi connectivity index (χ4v) is 3.04. The third-order valence-electron chi connectivity index (χ3n) is 5.34. The van der Waals surface area contributed by atoms with Crippen LogP contribution in [0.5, 0.6) is 0 Å². The minimum atomic E-state index is 0.255. The molecule has 0 bridgehead atoms. The summed E-state index contributed by atoms with van der Waals surface area (Å²) in [5.41, 5.74) is 6.60. The molecule has 0 atom stereocenters. The first-order valence-electron chi connectivity index (χ1n) is 6.45. The Morgan fingerprint density at radius 3 is 2.18 bits per heavy atom. The van der Waals surface area contributed by atoms with E-state index in [2.05, 4.69) is 38.2 Å². The normalized spacial score (nSPS) is 29.1. The molecule has 4 heteroatoms. The molecular formula is C13H25N3O. The Hall–Kier alpha value is -0.770. The molecule has 0 aromatic carbocycles. The maximum atomic E-state index is 8.62. The van der Waals surface area contributed by atoms with Gasteiger partial charge >= 0.3 is 0 Å². The molecule has 4 N–H and O–H groups in total. The fraction of sp³-hybridized carbons (Fsp3) is 0.923. The lowest BCUT2D eigenvalue weighted by Gasteiger charge is -2.16. The second kappa shape index (κ2) is 3.61. The second-order valence-corrected chi connectivity index (χ2v) is 7.03. The molecule has 2 fully saturated rings. The number of nitrogens with two attached hydrogens (primary N) is 1. The summed E-state index contributed by atoms with van der Waals surface area (Å²) in [7, 11) is 0. The summed E-state index contributed by atoms with van der Waals surface area (Å²) < 4.78 is 0. The van der Waals surface area contributed by atoms with E-state index in [9.17, 15) is 0 Å². The van der Waals surface area contributed by atoms with Gasteiger partial charge < -0.3 is 16.3 Å². The van der Waals surface area contributed by atoms with Crippen LogP contribution in [0.3, 0.4) is 0 Å². The van der Waals surface area contributed by atoms with Gasteiger partial charge in [-0.1, -0.05) is 32.9 Å². The van der Waals surface area contributed by atoms with E-state index in [1.807, 2.05) is 0 Å². The van der Waals surface area contributed by atoms with Crippen molar-refractivity contribution in [2.45, 2.75) is 53.0 Å². The van der Waals surface area contributed by atoms with Crippen LogP contribution in [-0.2, 0) is 0 Å². The minimum Gasteiger partial charge on any atom is -0.409 e. The van der Waals surface area contributed by atoms with Crippen molar-refractivity contribution in [3.05, 3.63) is 0 Å². The minimum absolute atomic E-state index is 0.255. The Bertz CT molecular complexity index is 329. The van der Waals surface area contributed by atoms with E-state index in [1.54, 1.807) is 0 Å². The topological polar surface area (TPSA) is 70.6 Å². The molecule has 98 valence electrons. The van der Waals surface area contributed by atoms with Gasteiger partial charge in [0.25, 0.3) is 0 Å². The first kappa shape index (κ1) is 12.7. The summed E-state index contributed by atoms with van der Waals surface area (Å²) in [5.74, 6) is 0.360. The lowest BCUT2D eigenvalue weighted by Crippen LogP contribution is -2.32. The van der Waals surface area contributed by atoms with Gasteiger partial charge in [-0.2, -0.15) is 0 Å². The van der Waals surface area contributed by atoms with Gasteiger partial charge in [0.05, 0.1) is 0 Å². The van der Waals surface area contributed by atoms with Crippen LogP contribution < -0.4 is 11.1 Å². The Morgan fingerprint density at radius 1 is 1.29 bits per heavy atom. The Labute approximate surface area is 104 Å². The summed E-state index contributed by atoms with van der Waals surface area (Å²) in [6.45, 7) is 10.2. The molecular weight excluding hydrogens is 214 g/mol. The number of hydrogen-bond donors (Lipinski definition) is 3. The SMILES string of the molecule is CC1(C)C(NCC2(CC(N)=NO)CC2)C1(C)C. The largest absolute Gasteiger partial charge is 0.409 e. The van der Waals surface area contributed by atoms with Gasteiger partial charge in [0.1, 0.15) is 5.84 Å². The van der Waals surface area contributed by atoms with Crippen LogP contribution in [0.15, 0.2) is 5.16 Å². The van der Waals surface area contributed by atoms with Gasteiger partial charge in [0.2, 0.25) is 0 Å². The molecule has 2 saturated carbocycles. The molecule has 17 heavy (non-hydrogen) atoms. The van der Waals surface area contributed by atoms with E-state index in [-0.39, 0.29) is 5.41 Å². The highest BCUT2D eigenvalue weighted by atomic mass is 16.4. The monoisotopic (exact) mass is 239 g/mol. The van der Waals surface area contributed by atoms with E-state index in [4.69, 9.17) is 10.9 Å². The molecule has 2 aliphatic carbocycles. The van der Waals surface area contributed by atoms with Gasteiger partial charge in [-0.25, -0.2) is 0 Å². The predicted octanol–water partition coefficient (Wildman–Crippen LogP) is 1.93. The van der Waals surface area contributed by atoms with Crippen molar-refractivity contribution in [2.24, 2.45) is 27.1 Å². The first-order valence-corrected chi connectivity index (χ1v) is 6.45. The number of nitrogens with one attached hydrogen (secondary N) is 1. The Morgan fingerprint density at radius 2 is 1.82 bits per heavy atom. The molecule has 4 nitrogen and oxygen atoms in total. The summed E-state index contributed by atoms with van der Waals surface area (Å²) in [6.07, 6.45) is 3.08. The predicted molar refractivity (Wildman–Crippen MR) is 69.0 cm³/mol. The Kier molecular flexibility index (Phi) is 2.69. The van der Waals surface area contributed by atoms with Crippen LogP contribution in [0.2, 0.25) is 0 Å². The molecule has 2 aliphatic rings. The molecule has 0 heterocycles. The highest BCUT2D eigenvalue weighted by Crippen LogP contribution is 2.63. The van der Waals surface area contributed by atoms with Crippen molar-refractivity contribution >= 4 is 5.84 Å². The molecule has 0 spiro atoms. The lowest BCUT2D eigenvalue weighted by atomic mass is 10.0. The van der Waals surface area contributed by atoms with Crippen LogP contribution in [-0.4, -0.2) is 23.6 Å². The van der Waals surface area contributed by atoms with Gasteiger partial charge in [0, 0.05) is 19.0 Å². The van der Waals surface area contributed by atoms with Crippen molar-refractivity contribution in [2.75, 3.05) is 6.54 Å². The molecule has 2 rings (SSSR count). The third-order valence-corrected chi connectivity index (χ3v) is 5.34. The summed E-state index contributed by atoms with van der Waals surface area (Å²) in [6, 6.07) is 0.583. The van der Waals surface area contributed by atoms with Gasteiger partial charge in [-0.15, -0.1) is 0 Å². The Balaban J connectivity index is 1.84. The van der Waals surface area contributed by atoms with Crippen LogP contribution in [0, 0.1) is 16.2 Å². The molecule has 0 saturated heterocycles. The molecule has 0 radical (unpaired) electrons. The smallest absolute Gasteiger partial charge is 0.139 e. The average Bonchev–Trinajstić information content (AvgIpc) is 3.05. The van der Waals surface area contributed by atoms with E-state index < -0.39 is 0 Å². The number of oxime groups is 1. The maximum Gasteiger partial charge on any atom is 0.139 e. The molecule has 0 amide bonds. The summed E-state index contributed by atoms with van der Waals surface area (Å²) in [4.78, 5) is 0. The second-order valence-electron chi connectivity index (χ2n) is 7.03. The number of amidine groups is 1. The zero-order chi connectivity index (χ0) is 12.9. The number of hydrogen-bond acceptors (Lipinski definition) is 3. The average molecular weight is 239 g/mol. The van der Waals surface area contributed by atoms with Crippen molar-refractivity contribution in [1.82, 2.24) is 5.32 Å². The highest BCUT2D eigenvalue weighted by Gasteiger charge is 2.65. The van der Waals surface area contributed by atoms with Crippen molar-refractivity contribution in [1.29, 1.82) is 0 Å². The molecule has 0 unspecified atom stereocenters. The van der Waals surface area contributed by atoms with Gasteiger partial charge in [-0.05, 0) is 29.1 Å². The van der Waals surface area contributed by atoms with Crippen molar-refractivity contribution < 1.29 is 5.21 Å². The molecule has 0 aromatic rings.